The molecule has 8 heteroatoms. The van der Waals surface area contributed by atoms with Gasteiger partial charge in [-0.15, -0.1) is 11.3 Å². The number of H-pyrrole nitrogens is 1. The van der Waals surface area contributed by atoms with Crippen LogP contribution in [0.15, 0.2) is 16.2 Å². The summed E-state index contributed by atoms with van der Waals surface area (Å²) in [6, 6.07) is 1.99. The highest BCUT2D eigenvalue weighted by molar-refractivity contribution is 7.91. The molecule has 1 aliphatic heterocycles. The van der Waals surface area contributed by atoms with Gasteiger partial charge in [0.2, 0.25) is 0 Å². The van der Waals surface area contributed by atoms with Crippen LogP contribution in [0, 0.1) is 0 Å². The second kappa shape index (κ2) is 5.27. The molecule has 2 N–H and O–H groups in total. The van der Waals surface area contributed by atoms with E-state index in [2.05, 4.69) is 15.3 Å². The molecular formula is C12H15N3O3S2. The molecule has 0 radical (unpaired) electrons. The van der Waals surface area contributed by atoms with Gasteiger partial charge in [0, 0.05) is 6.04 Å². The predicted molar refractivity (Wildman–Crippen MR) is 78.8 cm³/mol. The van der Waals surface area contributed by atoms with Crippen LogP contribution < -0.4 is 10.9 Å². The van der Waals surface area contributed by atoms with Gasteiger partial charge in [0.1, 0.15) is 20.4 Å². The Hall–Kier alpha value is -1.25. The maximum Gasteiger partial charge on any atom is 0.268 e. The average Bonchev–Trinajstić information content (AvgIpc) is 2.86. The van der Waals surface area contributed by atoms with E-state index in [0.29, 0.717) is 35.4 Å². The van der Waals surface area contributed by atoms with Crippen molar-refractivity contribution in [2.75, 3.05) is 11.5 Å². The number of thiophene rings is 1. The third kappa shape index (κ3) is 2.92. The molecule has 1 aliphatic rings. The maximum atomic E-state index is 11.8. The molecule has 1 saturated heterocycles. The molecule has 20 heavy (non-hydrogen) atoms. The van der Waals surface area contributed by atoms with Gasteiger partial charge in [0.25, 0.3) is 5.56 Å². The summed E-state index contributed by atoms with van der Waals surface area (Å²) in [5, 5.41) is 5.11. The Morgan fingerprint density at radius 3 is 2.90 bits per heavy atom. The molecule has 2 aromatic rings. The lowest BCUT2D eigenvalue weighted by Gasteiger charge is -2.22. The summed E-state index contributed by atoms with van der Waals surface area (Å²) < 4.78 is 23.3. The van der Waals surface area contributed by atoms with E-state index in [9.17, 15) is 13.2 Å². The normalized spacial score (nSPS) is 19.4. The average molecular weight is 313 g/mol. The van der Waals surface area contributed by atoms with Crippen LogP contribution in [0.2, 0.25) is 0 Å². The molecule has 2 aromatic heterocycles. The number of hydrogen-bond donors (Lipinski definition) is 2. The number of rotatable bonds is 3. The molecule has 0 amide bonds. The molecule has 1 fully saturated rings. The van der Waals surface area contributed by atoms with Gasteiger partial charge in [-0.25, -0.2) is 13.4 Å². The van der Waals surface area contributed by atoms with Crippen LogP contribution in [0.3, 0.4) is 0 Å². The van der Waals surface area contributed by atoms with E-state index < -0.39 is 9.84 Å². The molecule has 0 unspecified atom stereocenters. The van der Waals surface area contributed by atoms with Gasteiger partial charge in [-0.2, -0.15) is 0 Å². The van der Waals surface area contributed by atoms with Crippen molar-refractivity contribution in [2.45, 2.75) is 25.4 Å². The first kappa shape index (κ1) is 13.7. The van der Waals surface area contributed by atoms with Crippen molar-refractivity contribution in [1.29, 1.82) is 0 Å². The SMILES string of the molecule is O=c1[nH]c(CNC2CCS(=O)(=O)CC2)nc2ccsc12. The number of aromatic nitrogens is 2. The van der Waals surface area contributed by atoms with Gasteiger partial charge in [-0.1, -0.05) is 0 Å². The number of nitrogens with one attached hydrogen (secondary N) is 2. The first-order chi connectivity index (χ1) is 9.53. The Balaban J connectivity index is 1.67. The first-order valence-corrected chi connectivity index (χ1v) is 9.14. The van der Waals surface area contributed by atoms with Crippen molar-refractivity contribution in [3.63, 3.8) is 0 Å². The molecule has 3 rings (SSSR count). The third-order valence-corrected chi connectivity index (χ3v) is 6.09. The highest BCUT2D eigenvalue weighted by Crippen LogP contribution is 2.15. The lowest BCUT2D eigenvalue weighted by Crippen LogP contribution is -2.37. The molecular weight excluding hydrogens is 298 g/mol. The summed E-state index contributed by atoms with van der Waals surface area (Å²) in [5.74, 6) is 1.06. The molecule has 0 saturated carbocycles. The standard InChI is InChI=1S/C12H15N3O3S2/c16-12-11-9(1-4-19-11)14-10(15-12)7-13-8-2-5-20(17,18)6-3-8/h1,4,8,13H,2-3,5-7H2,(H,14,15,16). The predicted octanol–water partition coefficient (Wildman–Crippen LogP) is 0.651. The quantitative estimate of drug-likeness (QED) is 0.868. The zero-order valence-electron chi connectivity index (χ0n) is 10.8. The lowest BCUT2D eigenvalue weighted by atomic mass is 10.1. The fourth-order valence-electron chi connectivity index (χ4n) is 2.34. The van der Waals surface area contributed by atoms with Crippen LogP contribution in [-0.2, 0) is 16.4 Å². The molecule has 0 spiro atoms. The Kier molecular flexibility index (Phi) is 3.61. The molecule has 0 bridgehead atoms. The maximum absolute atomic E-state index is 11.8. The first-order valence-electron chi connectivity index (χ1n) is 6.44. The van der Waals surface area contributed by atoms with Crippen LogP contribution in [0.1, 0.15) is 18.7 Å². The molecule has 108 valence electrons. The second-order valence-electron chi connectivity index (χ2n) is 4.95. The minimum Gasteiger partial charge on any atom is -0.308 e. The van der Waals surface area contributed by atoms with E-state index in [-0.39, 0.29) is 23.1 Å². The van der Waals surface area contributed by atoms with E-state index in [0.717, 1.165) is 0 Å². The Labute approximate surface area is 120 Å². The summed E-state index contributed by atoms with van der Waals surface area (Å²) in [6.07, 6.45) is 1.24. The van der Waals surface area contributed by atoms with E-state index >= 15 is 0 Å². The minimum absolute atomic E-state index is 0.118. The number of nitrogens with zero attached hydrogens (tertiary/aromatic N) is 1. The van der Waals surface area contributed by atoms with E-state index in [1.807, 2.05) is 11.4 Å². The van der Waals surface area contributed by atoms with Gasteiger partial charge in [0.05, 0.1) is 23.6 Å². The second-order valence-corrected chi connectivity index (χ2v) is 8.17. The topological polar surface area (TPSA) is 91.9 Å². The van der Waals surface area contributed by atoms with Crippen molar-refractivity contribution < 1.29 is 8.42 Å². The largest absolute Gasteiger partial charge is 0.308 e. The zero-order chi connectivity index (χ0) is 14.2. The van der Waals surface area contributed by atoms with Crippen LogP contribution in [0.4, 0.5) is 0 Å². The Morgan fingerprint density at radius 1 is 1.40 bits per heavy atom. The van der Waals surface area contributed by atoms with Crippen LogP contribution in [0.25, 0.3) is 10.2 Å². The van der Waals surface area contributed by atoms with Crippen LogP contribution in [-0.4, -0.2) is 35.9 Å². The fourth-order valence-corrected chi connectivity index (χ4v) is 4.56. The van der Waals surface area contributed by atoms with E-state index in [4.69, 9.17) is 0 Å². The number of sulfone groups is 1. The monoisotopic (exact) mass is 313 g/mol. The van der Waals surface area contributed by atoms with E-state index in [1.54, 1.807) is 0 Å². The van der Waals surface area contributed by atoms with E-state index in [1.165, 1.54) is 11.3 Å². The third-order valence-electron chi connectivity index (χ3n) is 3.48. The molecule has 6 nitrogen and oxygen atoms in total. The van der Waals surface area contributed by atoms with Gasteiger partial charge in [0.15, 0.2) is 0 Å². The number of fused-ring (bicyclic) bond motifs is 1. The van der Waals surface area contributed by atoms with Crippen molar-refractivity contribution >= 4 is 31.4 Å². The lowest BCUT2D eigenvalue weighted by molar-refractivity contribution is 0.457. The van der Waals surface area contributed by atoms with Crippen molar-refractivity contribution in [3.8, 4) is 0 Å². The van der Waals surface area contributed by atoms with Crippen molar-refractivity contribution in [2.24, 2.45) is 0 Å². The highest BCUT2D eigenvalue weighted by Gasteiger charge is 2.23. The zero-order valence-corrected chi connectivity index (χ0v) is 12.4. The highest BCUT2D eigenvalue weighted by atomic mass is 32.2. The van der Waals surface area contributed by atoms with Gasteiger partial charge in [-0.3, -0.25) is 4.79 Å². The smallest absolute Gasteiger partial charge is 0.268 e. The number of hydrogen-bond acceptors (Lipinski definition) is 6. The summed E-state index contributed by atoms with van der Waals surface area (Å²) in [4.78, 5) is 18.9. The van der Waals surface area contributed by atoms with Crippen molar-refractivity contribution in [3.05, 3.63) is 27.6 Å². The fraction of sp³-hybridized carbons (Fsp3) is 0.500. The molecule has 0 aromatic carbocycles. The summed E-state index contributed by atoms with van der Waals surface area (Å²) in [6.45, 7) is 0.450. The minimum atomic E-state index is -2.84. The Bertz CT molecular complexity index is 765. The van der Waals surface area contributed by atoms with Gasteiger partial charge < -0.3 is 10.3 Å². The van der Waals surface area contributed by atoms with Crippen LogP contribution >= 0.6 is 11.3 Å². The summed E-state index contributed by atoms with van der Waals surface area (Å²) in [5.41, 5.74) is 0.592. The number of aromatic amines is 1. The Morgan fingerprint density at radius 2 is 2.15 bits per heavy atom. The van der Waals surface area contributed by atoms with Gasteiger partial charge >= 0.3 is 0 Å². The van der Waals surface area contributed by atoms with Gasteiger partial charge in [-0.05, 0) is 24.3 Å². The van der Waals surface area contributed by atoms with Crippen molar-refractivity contribution in [1.82, 2.24) is 15.3 Å². The molecule has 3 heterocycles. The molecule has 0 atom stereocenters. The summed E-state index contributed by atoms with van der Waals surface area (Å²) in [7, 11) is -2.84. The van der Waals surface area contributed by atoms with Crippen LogP contribution in [0.5, 0.6) is 0 Å². The molecule has 0 aliphatic carbocycles. The summed E-state index contributed by atoms with van der Waals surface area (Å²) >= 11 is 1.38.